The summed E-state index contributed by atoms with van der Waals surface area (Å²) in [5.41, 5.74) is -0.456. The molecule has 0 fully saturated rings. The monoisotopic (exact) mass is 534 g/mol. The molecule has 17 heteroatoms. The molecular formula is C17H13F15O2. The number of methoxy groups -OCH3 is 2. The Hall–Kier alpha value is -2.07. The highest BCUT2D eigenvalue weighted by molar-refractivity contribution is 5.29. The number of alkyl halides is 15. The maximum absolute atomic E-state index is 14.1. The van der Waals surface area contributed by atoms with Crippen molar-refractivity contribution in [2.75, 3.05) is 14.2 Å². The van der Waals surface area contributed by atoms with Gasteiger partial charge in [0.15, 0.2) is 0 Å². The first-order valence-corrected chi connectivity index (χ1v) is 8.46. The molecule has 1 aromatic rings. The van der Waals surface area contributed by atoms with Crippen molar-refractivity contribution in [2.24, 2.45) is 0 Å². The molecule has 1 rings (SSSR count). The summed E-state index contributed by atoms with van der Waals surface area (Å²) < 4.78 is 208. The molecule has 0 aliphatic rings. The van der Waals surface area contributed by atoms with E-state index in [2.05, 4.69) is 4.74 Å². The van der Waals surface area contributed by atoms with Crippen molar-refractivity contribution in [3.05, 3.63) is 29.8 Å². The Morgan fingerprint density at radius 1 is 0.588 bits per heavy atom. The molecule has 198 valence electrons. The third kappa shape index (κ3) is 4.46. The van der Waals surface area contributed by atoms with Gasteiger partial charge in [-0.05, 0) is 17.7 Å². The van der Waals surface area contributed by atoms with E-state index in [0.717, 1.165) is 31.4 Å². The standard InChI is InChI=1S/C17H13F15O2/c1-33-9-5-3-8(4-6-9)10(34-2)7-11(18,19)12(20,21)13(22,23)14(24,25)15(26,27)16(28,29)17(30,31)32/h3-6,10H,7H2,1-2H3. The summed E-state index contributed by atoms with van der Waals surface area (Å²) in [5, 5.41) is 0. The molecule has 0 saturated heterocycles. The van der Waals surface area contributed by atoms with Crippen LogP contribution in [0.1, 0.15) is 18.1 Å². The third-order valence-electron chi connectivity index (χ3n) is 4.61. The van der Waals surface area contributed by atoms with Gasteiger partial charge >= 0.3 is 41.7 Å². The molecule has 1 aromatic carbocycles. The molecule has 0 saturated carbocycles. The van der Waals surface area contributed by atoms with E-state index in [0.29, 0.717) is 7.11 Å². The van der Waals surface area contributed by atoms with Crippen LogP contribution >= 0.6 is 0 Å². The molecule has 0 aliphatic heterocycles. The molecule has 0 heterocycles. The minimum Gasteiger partial charge on any atom is -0.497 e. The maximum Gasteiger partial charge on any atom is 0.460 e. The molecular weight excluding hydrogens is 521 g/mol. The van der Waals surface area contributed by atoms with Crippen LogP contribution < -0.4 is 4.74 Å². The van der Waals surface area contributed by atoms with Gasteiger partial charge in [-0.25, -0.2) is 0 Å². The van der Waals surface area contributed by atoms with Crippen LogP contribution in [0.15, 0.2) is 24.3 Å². The first-order chi connectivity index (χ1) is 15.0. The number of rotatable bonds is 10. The van der Waals surface area contributed by atoms with Crippen molar-refractivity contribution >= 4 is 0 Å². The van der Waals surface area contributed by atoms with Crippen LogP contribution in [0.4, 0.5) is 65.9 Å². The average molecular weight is 534 g/mol. The summed E-state index contributed by atoms with van der Waals surface area (Å²) in [7, 11) is 1.73. The van der Waals surface area contributed by atoms with Gasteiger partial charge < -0.3 is 9.47 Å². The maximum atomic E-state index is 14.1. The number of ether oxygens (including phenoxy) is 2. The Morgan fingerprint density at radius 3 is 1.32 bits per heavy atom. The molecule has 0 radical (unpaired) electrons. The Bertz CT molecular complexity index is 830. The molecule has 2 nitrogen and oxygen atoms in total. The van der Waals surface area contributed by atoms with E-state index in [1.54, 1.807) is 0 Å². The highest BCUT2D eigenvalue weighted by Crippen LogP contribution is 2.63. The third-order valence-corrected chi connectivity index (χ3v) is 4.61. The topological polar surface area (TPSA) is 18.5 Å². The minimum absolute atomic E-state index is 0.0784. The van der Waals surface area contributed by atoms with Gasteiger partial charge in [0.2, 0.25) is 0 Å². The quantitative estimate of drug-likeness (QED) is 0.297. The van der Waals surface area contributed by atoms with Gasteiger partial charge in [0.1, 0.15) is 5.75 Å². The zero-order valence-corrected chi connectivity index (χ0v) is 16.6. The first-order valence-electron chi connectivity index (χ1n) is 8.46. The van der Waals surface area contributed by atoms with Gasteiger partial charge in [-0.2, -0.15) is 65.9 Å². The minimum atomic E-state index is -8.31. The lowest BCUT2D eigenvalue weighted by molar-refractivity contribution is -0.453. The van der Waals surface area contributed by atoms with E-state index < -0.39 is 59.8 Å². The predicted molar refractivity (Wildman–Crippen MR) is 83.1 cm³/mol. The van der Waals surface area contributed by atoms with E-state index in [1.165, 1.54) is 0 Å². The van der Waals surface area contributed by atoms with E-state index in [-0.39, 0.29) is 5.75 Å². The van der Waals surface area contributed by atoms with Gasteiger partial charge in [-0.1, -0.05) is 12.1 Å². The summed E-state index contributed by atoms with van der Waals surface area (Å²) in [6.07, 6.45) is -12.5. The van der Waals surface area contributed by atoms with Gasteiger partial charge in [0.05, 0.1) is 13.2 Å². The van der Waals surface area contributed by atoms with Gasteiger partial charge in [0, 0.05) is 13.5 Å². The molecule has 1 atom stereocenters. The van der Waals surface area contributed by atoms with Crippen LogP contribution in [0.3, 0.4) is 0 Å². The summed E-state index contributed by atoms with van der Waals surface area (Å²) in [6, 6.07) is 3.85. The fourth-order valence-electron chi connectivity index (χ4n) is 2.52. The van der Waals surface area contributed by atoms with Gasteiger partial charge in [-0.15, -0.1) is 0 Å². The van der Waals surface area contributed by atoms with Crippen molar-refractivity contribution in [3.8, 4) is 5.75 Å². The normalized spacial score (nSPS) is 15.9. The van der Waals surface area contributed by atoms with E-state index in [9.17, 15) is 65.9 Å². The average Bonchev–Trinajstić information content (AvgIpc) is 2.70. The first kappa shape index (κ1) is 30.0. The van der Waals surface area contributed by atoms with Crippen molar-refractivity contribution < 1.29 is 75.3 Å². The lowest BCUT2D eigenvalue weighted by Gasteiger charge is -2.42. The summed E-state index contributed by atoms with van der Waals surface area (Å²) >= 11 is 0. The van der Waals surface area contributed by atoms with Crippen LogP contribution in [0, 0.1) is 0 Å². The van der Waals surface area contributed by atoms with Gasteiger partial charge in [0.25, 0.3) is 0 Å². The fraction of sp³-hybridized carbons (Fsp3) is 0.647. The molecule has 0 aliphatic carbocycles. The molecule has 0 bridgehead atoms. The van der Waals surface area contributed by atoms with Crippen molar-refractivity contribution in [2.45, 2.75) is 54.2 Å². The number of hydrogen-bond donors (Lipinski definition) is 0. The van der Waals surface area contributed by atoms with Crippen molar-refractivity contribution in [3.63, 3.8) is 0 Å². The number of hydrogen-bond acceptors (Lipinski definition) is 2. The Labute approximate surface area is 180 Å². The number of benzene rings is 1. The van der Waals surface area contributed by atoms with Crippen LogP contribution in [0.2, 0.25) is 0 Å². The highest BCUT2D eigenvalue weighted by Gasteiger charge is 2.93. The predicted octanol–water partition coefficient (Wildman–Crippen LogP) is 7.15. The molecule has 0 amide bonds. The van der Waals surface area contributed by atoms with Crippen LogP contribution in [0.5, 0.6) is 5.75 Å². The molecule has 0 spiro atoms. The SMILES string of the molecule is COc1ccc(C(CC(F)(F)C(F)(F)C(F)(F)C(F)(F)C(F)(F)C(F)(F)C(F)(F)F)OC)cc1. The van der Waals surface area contributed by atoms with Crippen LogP contribution in [-0.4, -0.2) is 55.9 Å². The lowest BCUT2D eigenvalue weighted by Crippen LogP contribution is -2.72. The molecule has 0 aromatic heterocycles. The zero-order valence-electron chi connectivity index (χ0n) is 16.6. The summed E-state index contributed by atoms with van der Waals surface area (Å²) in [6.45, 7) is 0. The van der Waals surface area contributed by atoms with Crippen LogP contribution in [0.25, 0.3) is 0 Å². The molecule has 0 N–H and O–H groups in total. The second-order valence-electron chi connectivity index (χ2n) is 6.78. The number of halogens is 15. The Kier molecular flexibility index (Phi) is 7.81. The van der Waals surface area contributed by atoms with Crippen molar-refractivity contribution in [1.82, 2.24) is 0 Å². The van der Waals surface area contributed by atoms with Crippen LogP contribution in [-0.2, 0) is 4.74 Å². The molecule has 34 heavy (non-hydrogen) atoms. The molecule has 1 unspecified atom stereocenters. The summed E-state index contributed by atoms with van der Waals surface area (Å²) in [5.74, 6) is -46.6. The van der Waals surface area contributed by atoms with E-state index in [1.807, 2.05) is 0 Å². The highest BCUT2D eigenvalue weighted by atomic mass is 19.4. The van der Waals surface area contributed by atoms with Gasteiger partial charge in [-0.3, -0.25) is 0 Å². The Morgan fingerprint density at radius 2 is 0.971 bits per heavy atom. The summed E-state index contributed by atoms with van der Waals surface area (Å²) in [4.78, 5) is 0. The largest absolute Gasteiger partial charge is 0.497 e. The zero-order chi connectivity index (χ0) is 27.2. The second-order valence-corrected chi connectivity index (χ2v) is 6.78. The second kappa shape index (κ2) is 8.86. The Balaban J connectivity index is 3.46. The smallest absolute Gasteiger partial charge is 0.460 e. The lowest BCUT2D eigenvalue weighted by atomic mass is 9.88. The van der Waals surface area contributed by atoms with Crippen molar-refractivity contribution in [1.29, 1.82) is 0 Å². The van der Waals surface area contributed by atoms with E-state index in [4.69, 9.17) is 4.74 Å². The fourth-order valence-corrected chi connectivity index (χ4v) is 2.52. The van der Waals surface area contributed by atoms with E-state index >= 15 is 0 Å².